The van der Waals surface area contributed by atoms with E-state index in [9.17, 15) is 9.59 Å². The molecular formula is C15H17N3O2S. The van der Waals surface area contributed by atoms with Crippen LogP contribution in [0.5, 0.6) is 0 Å². The third kappa shape index (κ3) is 3.88. The van der Waals surface area contributed by atoms with E-state index >= 15 is 0 Å². The molecule has 0 aliphatic carbocycles. The number of aromatic nitrogens is 1. The molecule has 0 radical (unpaired) electrons. The Labute approximate surface area is 127 Å². The Hall–Kier alpha value is -2.21. The van der Waals surface area contributed by atoms with Crippen LogP contribution in [0.15, 0.2) is 30.5 Å². The summed E-state index contributed by atoms with van der Waals surface area (Å²) < 4.78 is 0. The van der Waals surface area contributed by atoms with Crippen LogP contribution in [-0.4, -0.2) is 23.3 Å². The molecule has 1 unspecified atom stereocenters. The lowest BCUT2D eigenvalue weighted by Gasteiger charge is -2.10. The number of carbonyl (C=O) groups excluding carboxylic acids is 2. The number of carbonyl (C=O) groups is 2. The second-order valence-corrected chi connectivity index (χ2v) is 6.13. The number of primary amides is 1. The fourth-order valence-corrected chi connectivity index (χ4v) is 2.67. The second-order valence-electron chi connectivity index (χ2n) is 4.87. The smallest absolute Gasteiger partial charge is 0.251 e. The number of rotatable bonds is 5. The molecule has 1 aromatic carbocycles. The predicted molar refractivity (Wildman–Crippen MR) is 82.6 cm³/mol. The van der Waals surface area contributed by atoms with Gasteiger partial charge < -0.3 is 11.1 Å². The van der Waals surface area contributed by atoms with Gasteiger partial charge in [-0.1, -0.05) is 13.0 Å². The number of nitrogens with zero attached hydrogens (tertiary/aromatic N) is 1. The van der Waals surface area contributed by atoms with Gasteiger partial charge in [-0.05, 0) is 25.1 Å². The van der Waals surface area contributed by atoms with Crippen molar-refractivity contribution in [3.8, 4) is 0 Å². The number of aryl methyl sites for hydroxylation is 1. The molecule has 0 spiro atoms. The first-order valence-electron chi connectivity index (χ1n) is 6.57. The molecule has 2 amide bonds. The first-order chi connectivity index (χ1) is 9.97. The second kappa shape index (κ2) is 6.49. The minimum Gasteiger partial charge on any atom is -0.366 e. The summed E-state index contributed by atoms with van der Waals surface area (Å²) in [5.41, 5.74) is 5.96. The van der Waals surface area contributed by atoms with Crippen LogP contribution in [0.2, 0.25) is 0 Å². The summed E-state index contributed by atoms with van der Waals surface area (Å²) in [4.78, 5) is 28.7. The molecule has 5 nitrogen and oxygen atoms in total. The molecule has 0 saturated carbocycles. The number of benzene rings is 1. The Bertz CT molecular complexity index is 666. The molecule has 1 atom stereocenters. The van der Waals surface area contributed by atoms with Crippen molar-refractivity contribution in [1.29, 1.82) is 0 Å². The molecule has 0 aliphatic heterocycles. The van der Waals surface area contributed by atoms with E-state index in [0.29, 0.717) is 17.7 Å². The first kappa shape index (κ1) is 15.2. The van der Waals surface area contributed by atoms with Gasteiger partial charge in [-0.25, -0.2) is 4.98 Å². The van der Waals surface area contributed by atoms with E-state index < -0.39 is 5.91 Å². The van der Waals surface area contributed by atoms with Gasteiger partial charge in [0.1, 0.15) is 0 Å². The third-order valence-electron chi connectivity index (χ3n) is 3.04. The zero-order valence-corrected chi connectivity index (χ0v) is 12.7. The van der Waals surface area contributed by atoms with Crippen LogP contribution in [0.1, 0.15) is 43.4 Å². The summed E-state index contributed by atoms with van der Waals surface area (Å²) in [7, 11) is 0. The SMILES string of the molecule is Cc1cnc(C(C)CNC(=O)c2cccc(C(N)=O)c2)s1. The molecule has 0 fully saturated rings. The number of amides is 2. The van der Waals surface area contributed by atoms with Crippen molar-refractivity contribution >= 4 is 23.2 Å². The van der Waals surface area contributed by atoms with Crippen LogP contribution in [0.3, 0.4) is 0 Å². The van der Waals surface area contributed by atoms with E-state index in [1.54, 1.807) is 29.5 Å². The van der Waals surface area contributed by atoms with Crippen LogP contribution in [0, 0.1) is 6.92 Å². The topological polar surface area (TPSA) is 85.1 Å². The van der Waals surface area contributed by atoms with Gasteiger partial charge >= 0.3 is 0 Å². The Morgan fingerprint density at radius 2 is 2.10 bits per heavy atom. The maximum Gasteiger partial charge on any atom is 0.251 e. The minimum absolute atomic E-state index is 0.145. The zero-order valence-electron chi connectivity index (χ0n) is 11.9. The average molecular weight is 303 g/mol. The van der Waals surface area contributed by atoms with Gasteiger partial charge in [-0.2, -0.15) is 0 Å². The Morgan fingerprint density at radius 1 is 1.38 bits per heavy atom. The van der Waals surface area contributed by atoms with Crippen molar-refractivity contribution in [2.24, 2.45) is 5.73 Å². The maximum absolute atomic E-state index is 12.1. The standard InChI is InChI=1S/C15H17N3O2S/c1-9(15-18-8-10(2)21-15)7-17-14(20)12-5-3-4-11(6-12)13(16)19/h3-6,8-9H,7H2,1-2H3,(H2,16,19)(H,17,20). The molecule has 0 saturated heterocycles. The molecule has 110 valence electrons. The molecule has 21 heavy (non-hydrogen) atoms. The van der Waals surface area contributed by atoms with Crippen molar-refractivity contribution < 1.29 is 9.59 Å². The minimum atomic E-state index is -0.545. The van der Waals surface area contributed by atoms with Crippen molar-refractivity contribution in [2.75, 3.05) is 6.54 Å². The lowest BCUT2D eigenvalue weighted by Crippen LogP contribution is -2.27. The van der Waals surface area contributed by atoms with Crippen molar-refractivity contribution in [1.82, 2.24) is 10.3 Å². The average Bonchev–Trinajstić information content (AvgIpc) is 2.91. The van der Waals surface area contributed by atoms with Crippen LogP contribution >= 0.6 is 11.3 Å². The molecule has 2 aromatic rings. The van der Waals surface area contributed by atoms with Gasteiger partial charge in [-0.3, -0.25) is 9.59 Å². The molecule has 1 heterocycles. The van der Waals surface area contributed by atoms with Gasteiger partial charge in [0.05, 0.1) is 5.01 Å². The number of nitrogens with one attached hydrogen (secondary N) is 1. The van der Waals surface area contributed by atoms with Crippen molar-refractivity contribution in [3.63, 3.8) is 0 Å². The lowest BCUT2D eigenvalue weighted by molar-refractivity contribution is 0.0951. The highest BCUT2D eigenvalue weighted by atomic mass is 32.1. The van der Waals surface area contributed by atoms with Gasteiger partial charge in [0.2, 0.25) is 5.91 Å². The first-order valence-corrected chi connectivity index (χ1v) is 7.39. The van der Waals surface area contributed by atoms with Crippen molar-refractivity contribution in [2.45, 2.75) is 19.8 Å². The zero-order chi connectivity index (χ0) is 15.4. The fourth-order valence-electron chi connectivity index (χ4n) is 1.85. The number of hydrogen-bond acceptors (Lipinski definition) is 4. The maximum atomic E-state index is 12.1. The summed E-state index contributed by atoms with van der Waals surface area (Å²) in [6.07, 6.45) is 1.83. The summed E-state index contributed by atoms with van der Waals surface area (Å²) in [6, 6.07) is 6.37. The van der Waals surface area contributed by atoms with E-state index in [0.717, 1.165) is 9.88 Å². The number of nitrogens with two attached hydrogens (primary N) is 1. The molecule has 2 rings (SSSR count). The number of thiazole rings is 1. The fraction of sp³-hybridized carbons (Fsp3) is 0.267. The highest BCUT2D eigenvalue weighted by Crippen LogP contribution is 2.20. The van der Waals surface area contributed by atoms with E-state index in [2.05, 4.69) is 10.3 Å². The van der Waals surface area contributed by atoms with E-state index in [1.165, 1.54) is 6.07 Å². The van der Waals surface area contributed by atoms with Crippen LogP contribution in [-0.2, 0) is 0 Å². The number of hydrogen-bond donors (Lipinski definition) is 2. The monoisotopic (exact) mass is 303 g/mol. The highest BCUT2D eigenvalue weighted by molar-refractivity contribution is 7.11. The van der Waals surface area contributed by atoms with Gasteiger partial charge in [0.25, 0.3) is 5.91 Å². The lowest BCUT2D eigenvalue weighted by atomic mass is 10.1. The Kier molecular flexibility index (Phi) is 4.70. The third-order valence-corrected chi connectivity index (χ3v) is 4.18. The van der Waals surface area contributed by atoms with Crippen LogP contribution < -0.4 is 11.1 Å². The quantitative estimate of drug-likeness (QED) is 0.887. The van der Waals surface area contributed by atoms with Gasteiger partial charge in [0.15, 0.2) is 0 Å². The Morgan fingerprint density at radius 3 is 2.71 bits per heavy atom. The van der Waals surface area contributed by atoms with E-state index in [-0.39, 0.29) is 11.8 Å². The summed E-state index contributed by atoms with van der Waals surface area (Å²) in [5.74, 6) is -0.624. The normalized spacial score (nSPS) is 11.9. The molecule has 1 aromatic heterocycles. The summed E-state index contributed by atoms with van der Waals surface area (Å²) >= 11 is 1.63. The van der Waals surface area contributed by atoms with Crippen molar-refractivity contribution in [3.05, 3.63) is 51.5 Å². The van der Waals surface area contributed by atoms with Crippen LogP contribution in [0.25, 0.3) is 0 Å². The van der Waals surface area contributed by atoms with Gasteiger partial charge in [0, 0.05) is 34.7 Å². The molecular weight excluding hydrogens is 286 g/mol. The molecule has 0 aliphatic rings. The Balaban J connectivity index is 1.98. The van der Waals surface area contributed by atoms with Gasteiger partial charge in [-0.15, -0.1) is 11.3 Å². The summed E-state index contributed by atoms with van der Waals surface area (Å²) in [6.45, 7) is 4.51. The van der Waals surface area contributed by atoms with E-state index in [1.807, 2.05) is 20.0 Å². The highest BCUT2D eigenvalue weighted by Gasteiger charge is 2.13. The predicted octanol–water partition coefficient (Wildman–Crippen LogP) is 2.08. The van der Waals surface area contributed by atoms with Crippen LogP contribution in [0.4, 0.5) is 0 Å². The summed E-state index contributed by atoms with van der Waals surface area (Å²) in [5, 5.41) is 3.85. The largest absolute Gasteiger partial charge is 0.366 e. The molecule has 3 N–H and O–H groups in total. The molecule has 0 bridgehead atoms. The van der Waals surface area contributed by atoms with E-state index in [4.69, 9.17) is 5.73 Å². The molecule has 6 heteroatoms.